The van der Waals surface area contributed by atoms with Gasteiger partial charge in [0.25, 0.3) is 0 Å². The maximum atomic E-state index is 13.1. The van der Waals surface area contributed by atoms with Crippen LogP contribution in [-0.2, 0) is 9.59 Å². The molecule has 3 aliphatic carbocycles. The number of amides is 1. The van der Waals surface area contributed by atoms with Gasteiger partial charge in [-0.15, -0.1) is 0 Å². The van der Waals surface area contributed by atoms with E-state index in [1.54, 1.807) is 6.08 Å². The quantitative estimate of drug-likeness (QED) is 0.793. The minimum atomic E-state index is -0.436. The normalized spacial score (nSPS) is 38.7. The zero-order valence-electron chi connectivity index (χ0n) is 13.0. The molecule has 1 heterocycles. The summed E-state index contributed by atoms with van der Waals surface area (Å²) in [6.45, 7) is 0.591. The van der Waals surface area contributed by atoms with E-state index >= 15 is 0 Å². The molecule has 0 aromatic rings. The fraction of sp³-hybridized carbons (Fsp3) is 0.474. The van der Waals surface area contributed by atoms with Crippen molar-refractivity contribution in [2.75, 3.05) is 6.54 Å². The number of hydrogen-bond donors (Lipinski definition) is 1. The van der Waals surface area contributed by atoms with Crippen molar-refractivity contribution in [2.45, 2.75) is 37.8 Å². The molecular weight excluding hydrogens is 290 g/mol. The number of aliphatic hydroxyl groups is 1. The highest BCUT2D eigenvalue weighted by molar-refractivity contribution is 5.91. The van der Waals surface area contributed by atoms with E-state index in [4.69, 9.17) is 0 Å². The molecule has 4 atom stereocenters. The van der Waals surface area contributed by atoms with Gasteiger partial charge in [0.15, 0.2) is 0 Å². The van der Waals surface area contributed by atoms with Gasteiger partial charge in [-0.1, -0.05) is 43.2 Å². The molecule has 1 saturated heterocycles. The van der Waals surface area contributed by atoms with Crippen molar-refractivity contribution in [1.29, 1.82) is 0 Å². The first kappa shape index (κ1) is 14.6. The summed E-state index contributed by atoms with van der Waals surface area (Å²) in [4.78, 5) is 26.2. The molecule has 1 aliphatic heterocycles. The Labute approximate surface area is 135 Å². The third-order valence-electron chi connectivity index (χ3n) is 5.77. The van der Waals surface area contributed by atoms with E-state index < -0.39 is 6.10 Å². The summed E-state index contributed by atoms with van der Waals surface area (Å²) in [5, 5.41) is 10.4. The maximum absolute atomic E-state index is 13.1. The lowest BCUT2D eigenvalue weighted by Gasteiger charge is -2.37. The number of aldehydes is 1. The first-order valence-electron chi connectivity index (χ1n) is 8.39. The number of rotatable bonds is 2. The molecule has 1 N–H and O–H groups in total. The average molecular weight is 311 g/mol. The van der Waals surface area contributed by atoms with Gasteiger partial charge in [-0.2, -0.15) is 0 Å². The highest BCUT2D eigenvalue weighted by Gasteiger charge is 2.55. The zero-order valence-corrected chi connectivity index (χ0v) is 13.0. The van der Waals surface area contributed by atoms with E-state index in [0.29, 0.717) is 12.1 Å². The average Bonchev–Trinajstić information content (AvgIpc) is 2.86. The van der Waals surface area contributed by atoms with Crippen LogP contribution in [-0.4, -0.2) is 40.9 Å². The lowest BCUT2D eigenvalue weighted by Crippen LogP contribution is -2.47. The largest absolute Gasteiger partial charge is 0.391 e. The number of likely N-dealkylation sites (tertiary alicyclic amines) is 1. The van der Waals surface area contributed by atoms with Crippen molar-refractivity contribution in [2.24, 2.45) is 11.3 Å². The van der Waals surface area contributed by atoms with E-state index in [1.807, 2.05) is 29.2 Å². The molecule has 1 saturated carbocycles. The molecule has 4 heteroatoms. The van der Waals surface area contributed by atoms with Gasteiger partial charge in [-0.25, -0.2) is 0 Å². The van der Waals surface area contributed by atoms with Crippen molar-refractivity contribution in [3.63, 3.8) is 0 Å². The molecule has 1 spiro atoms. The summed E-state index contributed by atoms with van der Waals surface area (Å²) < 4.78 is 0. The fourth-order valence-electron chi connectivity index (χ4n) is 4.55. The molecule has 0 aromatic heterocycles. The Morgan fingerprint density at radius 2 is 2.09 bits per heavy atom. The molecule has 2 unspecified atom stereocenters. The van der Waals surface area contributed by atoms with Crippen LogP contribution < -0.4 is 0 Å². The molecule has 0 aromatic carbocycles. The Hall–Kier alpha value is -1.94. The van der Waals surface area contributed by atoms with Crippen molar-refractivity contribution in [3.8, 4) is 0 Å². The molecule has 0 bridgehead atoms. The molecule has 1 amide bonds. The maximum Gasteiger partial charge on any atom is 0.231 e. The predicted octanol–water partition coefficient (Wildman–Crippen LogP) is 1.93. The van der Waals surface area contributed by atoms with E-state index in [2.05, 4.69) is 6.08 Å². The number of carbonyl (C=O) groups is 2. The second-order valence-electron chi connectivity index (χ2n) is 7.01. The summed E-state index contributed by atoms with van der Waals surface area (Å²) in [6.07, 6.45) is 15.8. The summed E-state index contributed by atoms with van der Waals surface area (Å²) in [7, 11) is 0. The molecule has 4 aliphatic rings. The van der Waals surface area contributed by atoms with Gasteiger partial charge in [0.2, 0.25) is 5.91 Å². The Balaban J connectivity index is 1.74. The van der Waals surface area contributed by atoms with Crippen LogP contribution in [0, 0.1) is 11.3 Å². The molecule has 120 valence electrons. The molecule has 0 radical (unpaired) electrons. The summed E-state index contributed by atoms with van der Waals surface area (Å²) >= 11 is 0. The Kier molecular flexibility index (Phi) is 3.38. The van der Waals surface area contributed by atoms with Crippen molar-refractivity contribution < 1.29 is 14.7 Å². The summed E-state index contributed by atoms with van der Waals surface area (Å²) in [5.74, 6) is -0.293. The molecule has 4 nitrogen and oxygen atoms in total. The van der Waals surface area contributed by atoms with Gasteiger partial charge in [0.05, 0.1) is 18.1 Å². The predicted molar refractivity (Wildman–Crippen MR) is 86.4 cm³/mol. The smallest absolute Gasteiger partial charge is 0.231 e. The zero-order chi connectivity index (χ0) is 16.0. The van der Waals surface area contributed by atoms with Gasteiger partial charge in [0, 0.05) is 17.5 Å². The van der Waals surface area contributed by atoms with E-state index in [1.165, 1.54) is 0 Å². The molecule has 2 fully saturated rings. The third kappa shape index (κ3) is 2.08. The highest BCUT2D eigenvalue weighted by atomic mass is 16.3. The molecule has 23 heavy (non-hydrogen) atoms. The van der Waals surface area contributed by atoms with Crippen LogP contribution in [0.1, 0.15) is 25.7 Å². The SMILES string of the molecule is O=CC1=CC2C(=O)N([C@H]3CCCC[C@@H]3O)CC23C=CC=CC3=C1. The summed E-state index contributed by atoms with van der Waals surface area (Å²) in [5.41, 5.74) is 1.21. The number of carbonyl (C=O) groups excluding carboxylic acids is 2. The van der Waals surface area contributed by atoms with E-state index in [-0.39, 0.29) is 23.3 Å². The van der Waals surface area contributed by atoms with Crippen molar-refractivity contribution in [3.05, 3.63) is 47.6 Å². The third-order valence-corrected chi connectivity index (χ3v) is 5.77. The van der Waals surface area contributed by atoms with Gasteiger partial charge < -0.3 is 10.0 Å². The van der Waals surface area contributed by atoms with E-state index in [9.17, 15) is 14.7 Å². The first-order valence-corrected chi connectivity index (χ1v) is 8.39. The van der Waals surface area contributed by atoms with Crippen LogP contribution in [0.3, 0.4) is 0 Å². The number of aliphatic hydroxyl groups excluding tert-OH is 1. The Morgan fingerprint density at radius 3 is 2.87 bits per heavy atom. The highest BCUT2D eigenvalue weighted by Crippen LogP contribution is 2.51. The Bertz CT molecular complexity index is 672. The van der Waals surface area contributed by atoms with Crippen LogP contribution in [0.25, 0.3) is 0 Å². The second-order valence-corrected chi connectivity index (χ2v) is 7.01. The first-order chi connectivity index (χ1) is 11.2. The van der Waals surface area contributed by atoms with Crippen LogP contribution in [0.15, 0.2) is 47.6 Å². The minimum Gasteiger partial charge on any atom is -0.391 e. The van der Waals surface area contributed by atoms with Crippen LogP contribution in [0.2, 0.25) is 0 Å². The molecular formula is C19H21NO3. The van der Waals surface area contributed by atoms with Crippen molar-refractivity contribution in [1.82, 2.24) is 4.90 Å². The van der Waals surface area contributed by atoms with Crippen LogP contribution >= 0.6 is 0 Å². The van der Waals surface area contributed by atoms with Crippen LogP contribution in [0.5, 0.6) is 0 Å². The van der Waals surface area contributed by atoms with Crippen molar-refractivity contribution >= 4 is 12.2 Å². The fourth-order valence-corrected chi connectivity index (χ4v) is 4.55. The van der Waals surface area contributed by atoms with Gasteiger partial charge in [-0.3, -0.25) is 9.59 Å². The standard InChI is InChI=1S/C19H21NO3/c21-11-13-9-14-5-3-4-8-19(14)12-20(18(23)15(19)10-13)16-6-1-2-7-17(16)22/h3-5,8-11,15-17,22H,1-2,6-7,12H2/t15?,16-,17-,19?/m0/s1. The topological polar surface area (TPSA) is 57.6 Å². The van der Waals surface area contributed by atoms with Gasteiger partial charge >= 0.3 is 0 Å². The minimum absolute atomic E-state index is 0.0425. The van der Waals surface area contributed by atoms with E-state index in [0.717, 1.165) is 37.5 Å². The monoisotopic (exact) mass is 311 g/mol. The number of hydrogen-bond acceptors (Lipinski definition) is 3. The molecule has 4 rings (SSSR count). The lowest BCUT2D eigenvalue weighted by molar-refractivity contribution is -0.135. The van der Waals surface area contributed by atoms with Gasteiger partial charge in [-0.05, 0) is 24.5 Å². The Morgan fingerprint density at radius 1 is 1.26 bits per heavy atom. The summed E-state index contributed by atoms with van der Waals surface area (Å²) in [6, 6.07) is -0.0927. The number of allylic oxidation sites excluding steroid dienone is 5. The lowest BCUT2D eigenvalue weighted by atomic mass is 9.66. The second kappa shape index (κ2) is 5.31. The van der Waals surface area contributed by atoms with Crippen LogP contribution in [0.4, 0.5) is 0 Å². The van der Waals surface area contributed by atoms with Gasteiger partial charge in [0.1, 0.15) is 6.29 Å². The number of nitrogens with zero attached hydrogens (tertiary/aromatic N) is 1.